The second-order valence-electron chi connectivity index (χ2n) is 5.48. The molecule has 0 spiro atoms. The maximum atomic E-state index is 11.0. The molecule has 2 atom stereocenters. The average Bonchev–Trinajstić information content (AvgIpc) is 2.68. The SMILES string of the molecule is CC(CC1CN(C(C)C)c2ccccc21)C(=O)O. The Balaban J connectivity index is 2.23. The molecule has 1 aromatic carbocycles. The Labute approximate surface area is 108 Å². The summed E-state index contributed by atoms with van der Waals surface area (Å²) in [5, 5.41) is 9.05. The van der Waals surface area contributed by atoms with E-state index in [0.29, 0.717) is 12.0 Å². The molecule has 98 valence electrons. The van der Waals surface area contributed by atoms with Crippen molar-refractivity contribution in [3.05, 3.63) is 29.8 Å². The van der Waals surface area contributed by atoms with Gasteiger partial charge in [-0.15, -0.1) is 0 Å². The van der Waals surface area contributed by atoms with Gasteiger partial charge in [-0.05, 0) is 31.9 Å². The number of para-hydroxylation sites is 1. The number of hydrogen-bond donors (Lipinski definition) is 1. The fourth-order valence-electron chi connectivity index (χ4n) is 2.75. The van der Waals surface area contributed by atoms with Gasteiger partial charge in [-0.1, -0.05) is 25.1 Å². The monoisotopic (exact) mass is 247 g/mol. The minimum atomic E-state index is -0.699. The predicted octanol–water partition coefficient (Wildman–Crippen LogP) is 3.11. The number of fused-ring (bicyclic) bond motifs is 1. The summed E-state index contributed by atoms with van der Waals surface area (Å²) < 4.78 is 0. The van der Waals surface area contributed by atoms with Crippen molar-refractivity contribution in [2.45, 2.75) is 39.2 Å². The lowest BCUT2D eigenvalue weighted by Crippen LogP contribution is -2.30. The number of anilines is 1. The van der Waals surface area contributed by atoms with E-state index in [1.807, 2.05) is 6.07 Å². The summed E-state index contributed by atoms with van der Waals surface area (Å²) in [5.41, 5.74) is 2.58. The number of rotatable bonds is 4. The molecule has 3 heteroatoms. The third-order valence-electron chi connectivity index (χ3n) is 3.79. The van der Waals surface area contributed by atoms with E-state index in [1.165, 1.54) is 11.3 Å². The van der Waals surface area contributed by atoms with Crippen molar-refractivity contribution >= 4 is 11.7 Å². The lowest BCUT2D eigenvalue weighted by Gasteiger charge is -2.24. The molecule has 0 aliphatic carbocycles. The fourth-order valence-corrected chi connectivity index (χ4v) is 2.75. The average molecular weight is 247 g/mol. The molecule has 1 aliphatic rings. The van der Waals surface area contributed by atoms with Crippen LogP contribution in [0.2, 0.25) is 0 Å². The van der Waals surface area contributed by atoms with Crippen molar-refractivity contribution in [1.82, 2.24) is 0 Å². The third-order valence-corrected chi connectivity index (χ3v) is 3.79. The van der Waals surface area contributed by atoms with Crippen LogP contribution in [0, 0.1) is 5.92 Å². The predicted molar refractivity (Wildman–Crippen MR) is 73.1 cm³/mol. The van der Waals surface area contributed by atoms with Gasteiger partial charge < -0.3 is 10.0 Å². The van der Waals surface area contributed by atoms with E-state index >= 15 is 0 Å². The number of benzene rings is 1. The van der Waals surface area contributed by atoms with E-state index in [1.54, 1.807) is 6.92 Å². The van der Waals surface area contributed by atoms with Crippen LogP contribution in [-0.2, 0) is 4.79 Å². The highest BCUT2D eigenvalue weighted by molar-refractivity contribution is 5.70. The smallest absolute Gasteiger partial charge is 0.306 e. The van der Waals surface area contributed by atoms with Crippen molar-refractivity contribution < 1.29 is 9.90 Å². The number of carbonyl (C=O) groups is 1. The lowest BCUT2D eigenvalue weighted by atomic mass is 9.91. The standard InChI is InChI=1S/C15H21NO2/c1-10(2)16-9-12(8-11(3)15(17)18)13-6-4-5-7-14(13)16/h4-7,10-12H,8-9H2,1-3H3,(H,17,18). The van der Waals surface area contributed by atoms with Gasteiger partial charge in [0.05, 0.1) is 5.92 Å². The normalized spacial score (nSPS) is 20.0. The van der Waals surface area contributed by atoms with Gasteiger partial charge in [0, 0.05) is 24.2 Å². The van der Waals surface area contributed by atoms with Crippen LogP contribution in [-0.4, -0.2) is 23.7 Å². The summed E-state index contributed by atoms with van der Waals surface area (Å²) in [6, 6.07) is 8.83. The van der Waals surface area contributed by atoms with Crippen LogP contribution in [0.15, 0.2) is 24.3 Å². The van der Waals surface area contributed by atoms with Gasteiger partial charge in [-0.2, -0.15) is 0 Å². The minimum Gasteiger partial charge on any atom is -0.481 e. The first-order chi connectivity index (χ1) is 8.50. The quantitative estimate of drug-likeness (QED) is 0.888. The molecule has 0 amide bonds. The van der Waals surface area contributed by atoms with E-state index in [9.17, 15) is 4.79 Å². The molecule has 1 aliphatic heterocycles. The molecular weight excluding hydrogens is 226 g/mol. The van der Waals surface area contributed by atoms with Crippen LogP contribution in [0.5, 0.6) is 0 Å². The Bertz CT molecular complexity index is 442. The van der Waals surface area contributed by atoms with Crippen LogP contribution in [0.1, 0.15) is 38.7 Å². The lowest BCUT2D eigenvalue weighted by molar-refractivity contribution is -0.141. The highest BCUT2D eigenvalue weighted by atomic mass is 16.4. The maximum Gasteiger partial charge on any atom is 0.306 e. The van der Waals surface area contributed by atoms with E-state index < -0.39 is 5.97 Å². The number of hydrogen-bond acceptors (Lipinski definition) is 2. The highest BCUT2D eigenvalue weighted by Gasteiger charge is 2.31. The third kappa shape index (κ3) is 2.35. The van der Waals surface area contributed by atoms with Crippen molar-refractivity contribution in [1.29, 1.82) is 0 Å². The molecule has 2 unspecified atom stereocenters. The van der Waals surface area contributed by atoms with Gasteiger partial charge in [-0.3, -0.25) is 4.79 Å². The molecular formula is C15H21NO2. The van der Waals surface area contributed by atoms with Crippen molar-refractivity contribution in [3.8, 4) is 0 Å². The second kappa shape index (κ2) is 5.01. The van der Waals surface area contributed by atoms with Crippen LogP contribution in [0.4, 0.5) is 5.69 Å². The highest BCUT2D eigenvalue weighted by Crippen LogP contribution is 2.40. The number of aliphatic carboxylic acids is 1. The zero-order valence-electron chi connectivity index (χ0n) is 11.3. The van der Waals surface area contributed by atoms with Crippen molar-refractivity contribution in [3.63, 3.8) is 0 Å². The maximum absolute atomic E-state index is 11.0. The molecule has 0 radical (unpaired) electrons. The van der Waals surface area contributed by atoms with Gasteiger partial charge in [-0.25, -0.2) is 0 Å². The summed E-state index contributed by atoms with van der Waals surface area (Å²) in [4.78, 5) is 13.4. The summed E-state index contributed by atoms with van der Waals surface area (Å²) >= 11 is 0. The first-order valence-electron chi connectivity index (χ1n) is 6.59. The van der Waals surface area contributed by atoms with Crippen molar-refractivity contribution in [2.24, 2.45) is 5.92 Å². The first kappa shape index (κ1) is 12.9. The van der Waals surface area contributed by atoms with E-state index in [2.05, 4.69) is 36.9 Å². The molecule has 0 bridgehead atoms. The Morgan fingerprint density at radius 2 is 2.06 bits per heavy atom. The van der Waals surface area contributed by atoms with Crippen LogP contribution in [0.3, 0.4) is 0 Å². The Hall–Kier alpha value is -1.51. The zero-order valence-corrected chi connectivity index (χ0v) is 11.3. The Kier molecular flexibility index (Phi) is 3.60. The van der Waals surface area contributed by atoms with Crippen molar-refractivity contribution in [2.75, 3.05) is 11.4 Å². The van der Waals surface area contributed by atoms with Gasteiger partial charge >= 0.3 is 5.97 Å². The molecule has 0 saturated carbocycles. The summed E-state index contributed by atoms with van der Waals surface area (Å²) in [5.74, 6) is -0.639. The summed E-state index contributed by atoms with van der Waals surface area (Å²) in [6.07, 6.45) is 0.718. The van der Waals surface area contributed by atoms with Gasteiger partial charge in [0.15, 0.2) is 0 Å². The summed E-state index contributed by atoms with van der Waals surface area (Å²) in [7, 11) is 0. The number of nitrogens with zero attached hydrogens (tertiary/aromatic N) is 1. The number of carboxylic acid groups (broad SMARTS) is 1. The topological polar surface area (TPSA) is 40.5 Å². The van der Waals surface area contributed by atoms with Gasteiger partial charge in [0.2, 0.25) is 0 Å². The molecule has 2 rings (SSSR count). The second-order valence-corrected chi connectivity index (χ2v) is 5.48. The molecule has 18 heavy (non-hydrogen) atoms. The van der Waals surface area contributed by atoms with E-state index in [0.717, 1.165) is 13.0 Å². The Morgan fingerprint density at radius 3 is 2.67 bits per heavy atom. The fraction of sp³-hybridized carbons (Fsp3) is 0.533. The minimum absolute atomic E-state index is 0.282. The molecule has 0 aromatic heterocycles. The van der Waals surface area contributed by atoms with Crippen LogP contribution < -0.4 is 4.90 Å². The van der Waals surface area contributed by atoms with E-state index in [-0.39, 0.29) is 5.92 Å². The molecule has 1 aromatic rings. The largest absolute Gasteiger partial charge is 0.481 e. The van der Waals surface area contributed by atoms with Gasteiger partial charge in [0.25, 0.3) is 0 Å². The molecule has 3 nitrogen and oxygen atoms in total. The van der Waals surface area contributed by atoms with Crippen LogP contribution in [0.25, 0.3) is 0 Å². The van der Waals surface area contributed by atoms with Gasteiger partial charge in [0.1, 0.15) is 0 Å². The Morgan fingerprint density at radius 1 is 1.39 bits per heavy atom. The zero-order chi connectivity index (χ0) is 13.3. The molecule has 0 fully saturated rings. The molecule has 1 N–H and O–H groups in total. The number of carboxylic acids is 1. The first-order valence-corrected chi connectivity index (χ1v) is 6.59. The molecule has 0 saturated heterocycles. The molecule has 1 heterocycles. The summed E-state index contributed by atoms with van der Waals surface area (Å²) in [6.45, 7) is 7.09. The van der Waals surface area contributed by atoms with Crippen LogP contribution >= 0.6 is 0 Å². The van der Waals surface area contributed by atoms with E-state index in [4.69, 9.17) is 5.11 Å².